The lowest BCUT2D eigenvalue weighted by Gasteiger charge is -2.19. The fourth-order valence-corrected chi connectivity index (χ4v) is 2.59. The first-order valence-electron chi connectivity index (χ1n) is 6.46. The Balaban J connectivity index is 1.97. The van der Waals surface area contributed by atoms with Crippen molar-refractivity contribution < 1.29 is 14.0 Å². The highest BCUT2D eigenvalue weighted by molar-refractivity contribution is 7.09. The fraction of sp³-hybridized carbons (Fsp3) is 0.286. The summed E-state index contributed by atoms with van der Waals surface area (Å²) in [5, 5.41) is 6.61. The summed E-state index contributed by atoms with van der Waals surface area (Å²) in [6, 6.07) is 7.14. The highest BCUT2D eigenvalue weighted by atomic mass is 32.1. The number of hydrogen-bond donors (Lipinski definition) is 2. The first-order valence-corrected chi connectivity index (χ1v) is 7.34. The Labute approximate surface area is 126 Å². The van der Waals surface area contributed by atoms with Crippen LogP contribution >= 0.6 is 11.3 Å². The summed E-state index contributed by atoms with van der Waals surface area (Å²) in [6.45, 7) is 1.25. The van der Waals surface area contributed by atoms with Crippen LogP contribution in [-0.4, -0.2) is 30.4 Å². The van der Waals surface area contributed by atoms with Gasteiger partial charge in [0.1, 0.15) is 5.76 Å². The molecule has 2 aromatic rings. The molecule has 2 rings (SSSR count). The summed E-state index contributed by atoms with van der Waals surface area (Å²) in [7, 11) is 1.47. The summed E-state index contributed by atoms with van der Waals surface area (Å²) in [5.41, 5.74) is 0. The van der Waals surface area contributed by atoms with E-state index < -0.39 is 6.03 Å². The van der Waals surface area contributed by atoms with Crippen molar-refractivity contribution in [1.82, 2.24) is 15.5 Å². The van der Waals surface area contributed by atoms with Crippen LogP contribution in [-0.2, 0) is 17.9 Å². The summed E-state index contributed by atoms with van der Waals surface area (Å²) in [4.78, 5) is 26.1. The maximum atomic E-state index is 11.8. The standard InChI is InChI=1S/C14H17N3O3S/c1-15-14(19)16-13(18)10-17(8-11-4-2-6-20-11)9-12-5-3-7-21-12/h2-7H,8-10H2,1H3,(H2,15,16,18,19). The van der Waals surface area contributed by atoms with Gasteiger partial charge < -0.3 is 9.73 Å². The SMILES string of the molecule is CNC(=O)NC(=O)CN(Cc1ccco1)Cc1cccs1. The molecule has 0 aliphatic heterocycles. The number of amides is 3. The van der Waals surface area contributed by atoms with Crippen molar-refractivity contribution >= 4 is 23.3 Å². The van der Waals surface area contributed by atoms with Crippen molar-refractivity contribution in [3.8, 4) is 0 Å². The van der Waals surface area contributed by atoms with Gasteiger partial charge in [-0.15, -0.1) is 11.3 Å². The molecule has 0 radical (unpaired) electrons. The Morgan fingerprint density at radius 3 is 2.76 bits per heavy atom. The van der Waals surface area contributed by atoms with Crippen molar-refractivity contribution in [3.63, 3.8) is 0 Å². The highest BCUT2D eigenvalue weighted by Crippen LogP contribution is 2.14. The Hall–Kier alpha value is -2.12. The van der Waals surface area contributed by atoms with E-state index >= 15 is 0 Å². The van der Waals surface area contributed by atoms with E-state index in [0.29, 0.717) is 13.1 Å². The second-order valence-electron chi connectivity index (χ2n) is 4.43. The van der Waals surface area contributed by atoms with Gasteiger partial charge in [0, 0.05) is 18.5 Å². The Morgan fingerprint density at radius 2 is 2.14 bits per heavy atom. The number of thiophene rings is 1. The highest BCUT2D eigenvalue weighted by Gasteiger charge is 2.15. The molecule has 0 spiro atoms. The summed E-state index contributed by atoms with van der Waals surface area (Å²) in [6.07, 6.45) is 1.60. The van der Waals surface area contributed by atoms with Crippen molar-refractivity contribution in [2.75, 3.05) is 13.6 Å². The normalized spacial score (nSPS) is 10.6. The monoisotopic (exact) mass is 307 g/mol. The number of urea groups is 1. The molecule has 3 amide bonds. The minimum atomic E-state index is -0.505. The molecule has 6 nitrogen and oxygen atoms in total. The number of nitrogens with zero attached hydrogens (tertiary/aromatic N) is 1. The van der Waals surface area contributed by atoms with Crippen LogP contribution in [0.15, 0.2) is 40.3 Å². The summed E-state index contributed by atoms with van der Waals surface area (Å²) >= 11 is 1.63. The van der Waals surface area contributed by atoms with E-state index in [2.05, 4.69) is 10.6 Å². The topological polar surface area (TPSA) is 74.6 Å². The molecule has 0 aliphatic carbocycles. The number of carbonyl (C=O) groups excluding carboxylic acids is 2. The van der Waals surface area contributed by atoms with E-state index in [1.807, 2.05) is 34.5 Å². The number of nitrogens with one attached hydrogen (secondary N) is 2. The molecule has 2 N–H and O–H groups in total. The van der Waals surface area contributed by atoms with E-state index in [9.17, 15) is 9.59 Å². The van der Waals surface area contributed by atoms with Gasteiger partial charge in [0.15, 0.2) is 0 Å². The smallest absolute Gasteiger partial charge is 0.321 e. The Kier molecular flexibility index (Phi) is 5.53. The van der Waals surface area contributed by atoms with E-state index in [4.69, 9.17) is 4.42 Å². The molecule has 2 aromatic heterocycles. The lowest BCUT2D eigenvalue weighted by molar-refractivity contribution is -0.121. The van der Waals surface area contributed by atoms with Crippen LogP contribution in [0.2, 0.25) is 0 Å². The first-order chi connectivity index (χ1) is 10.2. The summed E-state index contributed by atoms with van der Waals surface area (Å²) < 4.78 is 5.32. The largest absolute Gasteiger partial charge is 0.468 e. The zero-order chi connectivity index (χ0) is 15.1. The maximum Gasteiger partial charge on any atom is 0.321 e. The molecule has 2 heterocycles. The lowest BCUT2D eigenvalue weighted by atomic mass is 10.3. The number of rotatable bonds is 6. The van der Waals surface area contributed by atoms with Gasteiger partial charge in [-0.25, -0.2) is 4.79 Å². The molecule has 112 valence electrons. The van der Waals surface area contributed by atoms with Gasteiger partial charge in [0.05, 0.1) is 19.4 Å². The van der Waals surface area contributed by atoms with Crippen LogP contribution < -0.4 is 10.6 Å². The molecule has 0 fully saturated rings. The third kappa shape index (κ3) is 5.05. The Morgan fingerprint density at radius 1 is 1.29 bits per heavy atom. The second kappa shape index (κ2) is 7.61. The third-order valence-electron chi connectivity index (χ3n) is 2.77. The predicted molar refractivity (Wildman–Crippen MR) is 79.7 cm³/mol. The van der Waals surface area contributed by atoms with Crippen LogP contribution in [0, 0.1) is 0 Å². The average molecular weight is 307 g/mol. The molecule has 7 heteroatoms. The molecule has 0 saturated carbocycles. The summed E-state index contributed by atoms with van der Waals surface area (Å²) in [5.74, 6) is 0.428. The van der Waals surface area contributed by atoms with Gasteiger partial charge >= 0.3 is 6.03 Å². The number of hydrogen-bond acceptors (Lipinski definition) is 5. The zero-order valence-electron chi connectivity index (χ0n) is 11.7. The second-order valence-corrected chi connectivity index (χ2v) is 5.46. The molecule has 0 atom stereocenters. The first kappa shape index (κ1) is 15.3. The molecule has 0 saturated heterocycles. The molecule has 0 aromatic carbocycles. The minimum Gasteiger partial charge on any atom is -0.468 e. The number of furan rings is 1. The predicted octanol–water partition coefficient (Wildman–Crippen LogP) is 1.80. The van der Waals surface area contributed by atoms with Gasteiger partial charge in [0.25, 0.3) is 0 Å². The van der Waals surface area contributed by atoms with Gasteiger partial charge in [-0.1, -0.05) is 6.07 Å². The molecule has 21 heavy (non-hydrogen) atoms. The Bertz CT molecular complexity index is 530. The molecule has 0 aliphatic rings. The van der Waals surface area contributed by atoms with Crippen LogP contribution in [0.25, 0.3) is 0 Å². The molecular weight excluding hydrogens is 290 g/mol. The van der Waals surface area contributed by atoms with Gasteiger partial charge in [-0.05, 0) is 23.6 Å². The third-order valence-corrected chi connectivity index (χ3v) is 3.63. The maximum absolute atomic E-state index is 11.8. The van der Waals surface area contributed by atoms with Crippen LogP contribution in [0.1, 0.15) is 10.6 Å². The van der Waals surface area contributed by atoms with Crippen LogP contribution in [0.3, 0.4) is 0 Å². The van der Waals surface area contributed by atoms with Gasteiger partial charge in [-0.2, -0.15) is 0 Å². The van der Waals surface area contributed by atoms with E-state index in [0.717, 1.165) is 10.6 Å². The lowest BCUT2D eigenvalue weighted by Crippen LogP contribution is -2.43. The van der Waals surface area contributed by atoms with E-state index in [1.165, 1.54) is 7.05 Å². The molecule has 0 unspecified atom stereocenters. The number of carbonyl (C=O) groups is 2. The van der Waals surface area contributed by atoms with Gasteiger partial charge in [-0.3, -0.25) is 15.0 Å². The number of imide groups is 1. The van der Waals surface area contributed by atoms with Crippen molar-refractivity contribution in [1.29, 1.82) is 0 Å². The fourth-order valence-electron chi connectivity index (χ4n) is 1.85. The van der Waals surface area contributed by atoms with Crippen LogP contribution in [0.5, 0.6) is 0 Å². The van der Waals surface area contributed by atoms with Crippen molar-refractivity contribution in [2.24, 2.45) is 0 Å². The van der Waals surface area contributed by atoms with Gasteiger partial charge in [0.2, 0.25) is 5.91 Å². The van der Waals surface area contributed by atoms with Crippen LogP contribution in [0.4, 0.5) is 4.79 Å². The minimum absolute atomic E-state index is 0.117. The average Bonchev–Trinajstić information content (AvgIpc) is 3.11. The molecule has 0 bridgehead atoms. The zero-order valence-corrected chi connectivity index (χ0v) is 12.5. The van der Waals surface area contributed by atoms with E-state index in [1.54, 1.807) is 17.6 Å². The quantitative estimate of drug-likeness (QED) is 0.853. The van der Waals surface area contributed by atoms with E-state index in [-0.39, 0.29) is 12.5 Å². The molecular formula is C14H17N3O3S. The van der Waals surface area contributed by atoms with Crippen molar-refractivity contribution in [3.05, 3.63) is 46.5 Å². The van der Waals surface area contributed by atoms with Crippen molar-refractivity contribution in [2.45, 2.75) is 13.1 Å².